The Kier molecular flexibility index (Phi) is 8.39. The number of hydrogen-bond acceptors (Lipinski definition) is 7. The van der Waals surface area contributed by atoms with E-state index in [4.69, 9.17) is 14.5 Å². The maximum atomic E-state index is 13.7. The lowest BCUT2D eigenvalue weighted by Crippen LogP contribution is -2.31. The summed E-state index contributed by atoms with van der Waals surface area (Å²) in [6.45, 7) is 10.0. The Balaban J connectivity index is 1.47. The van der Waals surface area contributed by atoms with Crippen molar-refractivity contribution in [2.75, 3.05) is 52.4 Å². The van der Waals surface area contributed by atoms with Crippen LogP contribution >= 0.6 is 0 Å². The van der Waals surface area contributed by atoms with Gasteiger partial charge in [-0.3, -0.25) is 14.1 Å². The summed E-state index contributed by atoms with van der Waals surface area (Å²) < 4.78 is 26.4. The molecule has 2 aliphatic rings. The Morgan fingerprint density at radius 1 is 1.43 bits per heavy atom. The van der Waals surface area contributed by atoms with Gasteiger partial charge in [0.25, 0.3) is 5.91 Å². The molecule has 4 heterocycles. The molecule has 0 spiro atoms. The summed E-state index contributed by atoms with van der Waals surface area (Å²) in [5.41, 5.74) is 6.06. The third-order valence-corrected chi connectivity index (χ3v) is 7.40. The molecular formula is C30H35FN6O3. The van der Waals surface area contributed by atoms with Crippen LogP contribution in [0.2, 0.25) is 0 Å². The minimum atomic E-state index is -0.349. The number of nitrogens with one attached hydrogen (secondary N) is 2. The van der Waals surface area contributed by atoms with Crippen LogP contribution in [0.5, 0.6) is 0 Å². The van der Waals surface area contributed by atoms with Crippen molar-refractivity contribution >= 4 is 23.0 Å². The first-order chi connectivity index (χ1) is 19.4. The average molecular weight is 547 g/mol. The van der Waals surface area contributed by atoms with E-state index in [0.717, 1.165) is 47.7 Å². The summed E-state index contributed by atoms with van der Waals surface area (Å²) in [6.07, 6.45) is 6.16. The topological polar surface area (TPSA) is 92.5 Å². The zero-order valence-corrected chi connectivity index (χ0v) is 23.2. The summed E-state index contributed by atoms with van der Waals surface area (Å²) >= 11 is 0. The normalized spacial score (nSPS) is 17.5. The van der Waals surface area contributed by atoms with E-state index < -0.39 is 0 Å². The number of halogens is 1. The van der Waals surface area contributed by atoms with Gasteiger partial charge in [0, 0.05) is 57.1 Å². The van der Waals surface area contributed by atoms with Crippen molar-refractivity contribution in [2.24, 2.45) is 10.9 Å². The summed E-state index contributed by atoms with van der Waals surface area (Å²) in [6, 6.07) is 6.61. The van der Waals surface area contributed by atoms with E-state index >= 15 is 0 Å². The number of carbonyl (C=O) groups excluding carboxylic acids is 1. The van der Waals surface area contributed by atoms with Crippen LogP contribution < -0.4 is 10.6 Å². The van der Waals surface area contributed by atoms with Crippen molar-refractivity contribution in [3.63, 3.8) is 0 Å². The highest BCUT2D eigenvalue weighted by Gasteiger charge is 2.28. The number of allylic oxidation sites excluding steroid dienone is 1. The zero-order chi connectivity index (χ0) is 28.2. The van der Waals surface area contributed by atoms with E-state index in [-0.39, 0.29) is 17.6 Å². The largest absolute Gasteiger partial charge is 0.383 e. The molecule has 9 nitrogen and oxygen atoms in total. The second-order valence-corrected chi connectivity index (χ2v) is 10.1. The molecule has 1 saturated heterocycles. The Hall–Kier alpha value is -3.86. The molecule has 0 aliphatic carbocycles. The van der Waals surface area contributed by atoms with Gasteiger partial charge in [-0.05, 0) is 49.7 Å². The maximum absolute atomic E-state index is 13.7. The number of aliphatic imine (C=N–C) groups is 1. The van der Waals surface area contributed by atoms with Crippen molar-refractivity contribution in [3.05, 3.63) is 77.7 Å². The molecule has 0 bridgehead atoms. The monoisotopic (exact) mass is 546 g/mol. The van der Waals surface area contributed by atoms with E-state index in [1.807, 2.05) is 36.6 Å². The number of benzene rings is 1. The first-order valence-corrected chi connectivity index (χ1v) is 13.4. The number of aromatic nitrogens is 2. The number of amides is 1. The number of rotatable bonds is 11. The molecular weight excluding hydrogens is 511 g/mol. The molecule has 1 aromatic carbocycles. The summed E-state index contributed by atoms with van der Waals surface area (Å²) in [7, 11) is 3.72. The number of methoxy groups -OCH3 is 1. The van der Waals surface area contributed by atoms with Crippen LogP contribution in [0.3, 0.4) is 0 Å². The van der Waals surface area contributed by atoms with E-state index in [9.17, 15) is 9.18 Å². The summed E-state index contributed by atoms with van der Waals surface area (Å²) in [5.74, 6) is 0.333. The number of hydrogen-bond donors (Lipinski definition) is 2. The quantitative estimate of drug-likeness (QED) is 0.349. The fourth-order valence-electron chi connectivity index (χ4n) is 5.13. The van der Waals surface area contributed by atoms with Crippen LogP contribution in [-0.2, 0) is 16.0 Å². The Morgan fingerprint density at radius 3 is 3.02 bits per heavy atom. The second kappa shape index (κ2) is 12.1. The SMILES string of the molecule is C=C(/C(CN(C)CCOC)=N\C(=C/C)Nc1ccc(-c2cnc3cc(F)ccn23)c2c1C(=O)NC2)[C@@H]1CCOC1. The number of likely N-dealkylation sites (N-methyl/N-ethyl adjacent to an activating group) is 1. The van der Waals surface area contributed by atoms with Crippen LogP contribution in [0.25, 0.3) is 16.9 Å². The first-order valence-electron chi connectivity index (χ1n) is 13.4. The van der Waals surface area contributed by atoms with E-state index in [2.05, 4.69) is 27.1 Å². The maximum Gasteiger partial charge on any atom is 0.254 e. The van der Waals surface area contributed by atoms with Crippen LogP contribution in [0.1, 0.15) is 29.3 Å². The lowest BCUT2D eigenvalue weighted by Gasteiger charge is -2.22. The minimum absolute atomic E-state index is 0.161. The van der Waals surface area contributed by atoms with Crippen molar-refractivity contribution in [1.29, 1.82) is 0 Å². The molecule has 5 rings (SSSR count). The molecule has 10 heteroatoms. The minimum Gasteiger partial charge on any atom is -0.383 e. The number of carbonyl (C=O) groups is 1. The predicted molar refractivity (Wildman–Crippen MR) is 154 cm³/mol. The van der Waals surface area contributed by atoms with E-state index in [1.165, 1.54) is 12.1 Å². The van der Waals surface area contributed by atoms with Gasteiger partial charge in [0.05, 0.1) is 42.1 Å². The molecule has 40 heavy (non-hydrogen) atoms. The van der Waals surface area contributed by atoms with Crippen molar-refractivity contribution < 1.29 is 18.7 Å². The summed E-state index contributed by atoms with van der Waals surface area (Å²) in [4.78, 5) is 24.5. The van der Waals surface area contributed by atoms with Gasteiger partial charge in [-0.1, -0.05) is 12.6 Å². The average Bonchev–Trinajstić information content (AvgIpc) is 3.71. The number of pyridine rings is 1. The van der Waals surface area contributed by atoms with Gasteiger partial charge in [-0.2, -0.15) is 0 Å². The van der Waals surface area contributed by atoms with Crippen LogP contribution in [0, 0.1) is 11.7 Å². The summed E-state index contributed by atoms with van der Waals surface area (Å²) in [5, 5.41) is 6.34. The third kappa shape index (κ3) is 5.70. The fourth-order valence-corrected chi connectivity index (χ4v) is 5.13. The Bertz CT molecular complexity index is 1490. The van der Waals surface area contributed by atoms with E-state index in [1.54, 1.807) is 19.5 Å². The van der Waals surface area contributed by atoms with Crippen LogP contribution in [0.4, 0.5) is 10.1 Å². The highest BCUT2D eigenvalue weighted by atomic mass is 19.1. The van der Waals surface area contributed by atoms with Crippen molar-refractivity contribution in [1.82, 2.24) is 19.6 Å². The fraction of sp³-hybridized carbons (Fsp3) is 0.367. The predicted octanol–water partition coefficient (Wildman–Crippen LogP) is 4.27. The molecule has 1 amide bonds. The molecule has 3 aromatic rings. The van der Waals surface area contributed by atoms with Crippen molar-refractivity contribution in [2.45, 2.75) is 19.9 Å². The Labute approximate surface area is 233 Å². The van der Waals surface area contributed by atoms with Gasteiger partial charge in [-0.15, -0.1) is 0 Å². The molecule has 0 radical (unpaired) electrons. The lowest BCUT2D eigenvalue weighted by molar-refractivity contribution is 0.0966. The van der Waals surface area contributed by atoms with Crippen molar-refractivity contribution in [3.8, 4) is 11.3 Å². The van der Waals surface area contributed by atoms with Gasteiger partial charge < -0.3 is 20.1 Å². The van der Waals surface area contributed by atoms with Gasteiger partial charge in [-0.25, -0.2) is 14.4 Å². The zero-order valence-electron chi connectivity index (χ0n) is 23.2. The van der Waals surface area contributed by atoms with Crippen LogP contribution in [-0.4, -0.2) is 73.0 Å². The van der Waals surface area contributed by atoms with Gasteiger partial charge in [0.2, 0.25) is 0 Å². The molecule has 2 N–H and O–H groups in total. The standard InChI is InChI=1S/C30H35FN6O3/c1-5-27(35-25(17-36(3)11-13-39-4)19(2)20-9-12-40-18-20)34-24-7-6-22(23-15-33-30(38)29(23)24)26-16-32-28-14-21(31)8-10-37(26)28/h5-8,10,14,16,20,34H,2,9,11-13,15,17-18H2,1,3-4H3,(H,33,38)/b27-5-,35-25-/t20-/m1/s1. The molecule has 2 aliphatic heterocycles. The van der Waals surface area contributed by atoms with Gasteiger partial charge in [0.1, 0.15) is 17.3 Å². The highest BCUT2D eigenvalue weighted by Crippen LogP contribution is 2.35. The first kappa shape index (κ1) is 27.7. The smallest absolute Gasteiger partial charge is 0.254 e. The highest BCUT2D eigenvalue weighted by molar-refractivity contribution is 6.06. The number of nitrogens with zero attached hydrogens (tertiary/aromatic N) is 4. The van der Waals surface area contributed by atoms with E-state index in [0.29, 0.717) is 49.0 Å². The van der Waals surface area contributed by atoms with Gasteiger partial charge in [0.15, 0.2) is 0 Å². The lowest BCUT2D eigenvalue weighted by atomic mass is 9.95. The molecule has 0 saturated carbocycles. The molecule has 0 unspecified atom stereocenters. The molecule has 1 atom stereocenters. The number of anilines is 1. The molecule has 210 valence electrons. The number of imidazole rings is 1. The van der Waals surface area contributed by atoms with Crippen LogP contribution in [0.15, 0.2) is 65.7 Å². The number of fused-ring (bicyclic) bond motifs is 2. The molecule has 2 aromatic heterocycles. The third-order valence-electron chi connectivity index (χ3n) is 7.40. The molecule has 1 fully saturated rings. The Morgan fingerprint density at radius 2 is 2.27 bits per heavy atom. The van der Waals surface area contributed by atoms with Gasteiger partial charge >= 0.3 is 0 Å². The second-order valence-electron chi connectivity index (χ2n) is 10.1. The number of ether oxygens (including phenoxy) is 2.